The van der Waals surface area contributed by atoms with E-state index in [0.717, 1.165) is 22.4 Å². The van der Waals surface area contributed by atoms with E-state index in [0.29, 0.717) is 43.3 Å². The predicted octanol–water partition coefficient (Wildman–Crippen LogP) is 5.29. The first kappa shape index (κ1) is 23.5. The van der Waals surface area contributed by atoms with Crippen molar-refractivity contribution in [2.75, 3.05) is 37.6 Å². The minimum absolute atomic E-state index is 0.0420. The predicted molar refractivity (Wildman–Crippen MR) is 138 cm³/mol. The lowest BCUT2D eigenvalue weighted by atomic mass is 9.95. The van der Waals surface area contributed by atoms with Crippen LogP contribution in [0.4, 0.5) is 10.1 Å². The summed E-state index contributed by atoms with van der Waals surface area (Å²) in [6, 6.07) is 22.4. The van der Waals surface area contributed by atoms with Crippen molar-refractivity contribution in [1.82, 2.24) is 9.91 Å². The van der Waals surface area contributed by atoms with Crippen molar-refractivity contribution >= 4 is 28.9 Å². The van der Waals surface area contributed by atoms with Crippen molar-refractivity contribution in [3.8, 4) is 0 Å². The summed E-state index contributed by atoms with van der Waals surface area (Å²) in [6.07, 6.45) is 0.612. The average molecular weight is 491 g/mol. The maximum atomic E-state index is 14.2. The summed E-state index contributed by atoms with van der Waals surface area (Å²) in [7, 11) is 0. The molecule has 0 bridgehead atoms. The number of aryl methyl sites for hydroxylation is 1. The van der Waals surface area contributed by atoms with Crippen molar-refractivity contribution in [2.45, 2.75) is 19.4 Å². The number of hydrazone groups is 1. The minimum atomic E-state index is -0.211. The highest BCUT2D eigenvalue weighted by Crippen LogP contribution is 2.36. The Kier molecular flexibility index (Phi) is 6.84. The number of carbonyl (C=O) groups is 1. The zero-order valence-electron chi connectivity index (χ0n) is 19.7. The normalized spacial score (nSPS) is 18.6. The fourth-order valence-corrected chi connectivity index (χ4v) is 5.16. The van der Waals surface area contributed by atoms with Gasteiger partial charge in [-0.3, -0.25) is 9.69 Å². The third-order valence-electron chi connectivity index (χ3n) is 6.82. The van der Waals surface area contributed by atoms with E-state index in [9.17, 15) is 9.18 Å². The number of piperazine rings is 1. The second-order valence-corrected chi connectivity index (χ2v) is 9.46. The van der Waals surface area contributed by atoms with E-state index in [1.807, 2.05) is 47.4 Å². The van der Waals surface area contributed by atoms with Crippen LogP contribution in [0, 0.1) is 12.7 Å². The summed E-state index contributed by atoms with van der Waals surface area (Å²) < 4.78 is 14.2. The van der Waals surface area contributed by atoms with Gasteiger partial charge in [-0.05, 0) is 36.2 Å². The van der Waals surface area contributed by atoms with E-state index in [-0.39, 0.29) is 24.3 Å². The number of anilines is 1. The van der Waals surface area contributed by atoms with Crippen LogP contribution in [0.15, 0.2) is 77.9 Å². The maximum Gasteiger partial charge on any atom is 0.257 e. The van der Waals surface area contributed by atoms with Crippen molar-refractivity contribution < 1.29 is 9.18 Å². The molecule has 0 aliphatic carbocycles. The number of amides is 1. The number of benzene rings is 3. The molecular weight excluding hydrogens is 463 g/mol. The van der Waals surface area contributed by atoms with Crippen molar-refractivity contribution in [1.29, 1.82) is 0 Å². The van der Waals surface area contributed by atoms with Gasteiger partial charge in [0.1, 0.15) is 5.82 Å². The zero-order chi connectivity index (χ0) is 24.4. The summed E-state index contributed by atoms with van der Waals surface area (Å²) in [4.78, 5) is 17.7. The van der Waals surface area contributed by atoms with Gasteiger partial charge < -0.3 is 4.90 Å². The lowest BCUT2D eigenvalue weighted by Gasteiger charge is -2.36. The van der Waals surface area contributed by atoms with Gasteiger partial charge in [-0.15, -0.1) is 0 Å². The fraction of sp³-hybridized carbons (Fsp3) is 0.286. The Bertz CT molecular complexity index is 1250. The SMILES string of the molecule is Cc1ccccc1[C@@H]1CC(c2ccccc2Cl)=NN1C(=O)CN1CCN(c2ccccc2F)CC1. The Balaban J connectivity index is 1.33. The van der Waals surface area contributed by atoms with E-state index in [2.05, 4.69) is 24.0 Å². The van der Waals surface area contributed by atoms with Crippen LogP contribution in [-0.4, -0.2) is 54.3 Å². The van der Waals surface area contributed by atoms with Crippen LogP contribution in [0.3, 0.4) is 0 Å². The first-order chi connectivity index (χ1) is 17.0. The lowest BCUT2D eigenvalue weighted by molar-refractivity contribution is -0.134. The van der Waals surface area contributed by atoms with Gasteiger partial charge in [0.05, 0.1) is 24.0 Å². The third-order valence-corrected chi connectivity index (χ3v) is 7.15. The van der Waals surface area contributed by atoms with Gasteiger partial charge in [-0.2, -0.15) is 5.10 Å². The third kappa shape index (κ3) is 4.95. The van der Waals surface area contributed by atoms with Crippen LogP contribution in [0.5, 0.6) is 0 Å². The summed E-state index contributed by atoms with van der Waals surface area (Å²) in [6.45, 7) is 5.04. The van der Waals surface area contributed by atoms with Gasteiger partial charge in [-0.1, -0.05) is 66.2 Å². The highest BCUT2D eigenvalue weighted by Gasteiger charge is 2.35. The van der Waals surface area contributed by atoms with Gasteiger partial charge in [0, 0.05) is 43.2 Å². The number of carbonyl (C=O) groups excluding carboxylic acids is 1. The van der Waals surface area contributed by atoms with Crippen LogP contribution in [0.1, 0.15) is 29.2 Å². The van der Waals surface area contributed by atoms with Crippen molar-refractivity contribution in [2.24, 2.45) is 5.10 Å². The van der Waals surface area contributed by atoms with Gasteiger partial charge in [0.25, 0.3) is 5.91 Å². The number of hydrogen-bond donors (Lipinski definition) is 0. The molecule has 7 heteroatoms. The molecule has 1 atom stereocenters. The molecule has 0 N–H and O–H groups in total. The second kappa shape index (κ2) is 10.2. The smallest absolute Gasteiger partial charge is 0.257 e. The molecule has 3 aromatic carbocycles. The zero-order valence-corrected chi connectivity index (χ0v) is 20.5. The summed E-state index contributed by atoms with van der Waals surface area (Å²) in [5, 5.41) is 7.06. The van der Waals surface area contributed by atoms with Crippen LogP contribution < -0.4 is 4.90 Å². The van der Waals surface area contributed by atoms with E-state index < -0.39 is 0 Å². The number of para-hydroxylation sites is 1. The topological polar surface area (TPSA) is 39.2 Å². The monoisotopic (exact) mass is 490 g/mol. The lowest BCUT2D eigenvalue weighted by Crippen LogP contribution is -2.49. The Labute approximate surface area is 210 Å². The van der Waals surface area contributed by atoms with Crippen molar-refractivity contribution in [3.05, 3.63) is 100 Å². The Hall–Kier alpha value is -3.22. The van der Waals surface area contributed by atoms with Crippen LogP contribution in [0.25, 0.3) is 0 Å². The van der Waals surface area contributed by atoms with E-state index in [1.165, 1.54) is 6.07 Å². The molecule has 1 amide bonds. The second-order valence-electron chi connectivity index (χ2n) is 9.06. The average Bonchev–Trinajstić information content (AvgIpc) is 3.31. The Morgan fingerprint density at radius 3 is 2.40 bits per heavy atom. The molecule has 3 aromatic rings. The van der Waals surface area contributed by atoms with Crippen LogP contribution >= 0.6 is 11.6 Å². The molecule has 2 aliphatic rings. The summed E-state index contributed by atoms with van der Waals surface area (Å²) >= 11 is 6.46. The molecule has 5 rings (SSSR count). The highest BCUT2D eigenvalue weighted by atomic mass is 35.5. The molecule has 0 aromatic heterocycles. The molecule has 1 saturated heterocycles. The molecule has 0 spiro atoms. The van der Waals surface area contributed by atoms with Crippen LogP contribution in [-0.2, 0) is 4.79 Å². The fourth-order valence-electron chi connectivity index (χ4n) is 4.92. The largest absolute Gasteiger partial charge is 0.367 e. The van der Waals surface area contributed by atoms with Gasteiger partial charge in [0.15, 0.2) is 0 Å². The number of halogens is 2. The van der Waals surface area contributed by atoms with Gasteiger partial charge >= 0.3 is 0 Å². The molecule has 5 nitrogen and oxygen atoms in total. The molecular formula is C28H28ClFN4O. The quantitative estimate of drug-likeness (QED) is 0.488. The Morgan fingerprint density at radius 1 is 0.971 bits per heavy atom. The standard InChI is InChI=1S/C28H28ClFN4O/c1-20-8-2-3-9-21(20)27-18-25(22-10-4-5-11-23(22)29)31-34(27)28(35)19-32-14-16-33(17-15-32)26-13-7-6-12-24(26)30/h2-13,27H,14-19H2,1H3/t27-/m0/s1. The highest BCUT2D eigenvalue weighted by molar-refractivity contribution is 6.34. The first-order valence-electron chi connectivity index (χ1n) is 11.9. The molecule has 35 heavy (non-hydrogen) atoms. The minimum Gasteiger partial charge on any atom is -0.367 e. The number of nitrogens with zero attached hydrogens (tertiary/aromatic N) is 4. The molecule has 2 heterocycles. The molecule has 0 unspecified atom stereocenters. The number of rotatable bonds is 5. The van der Waals surface area contributed by atoms with Crippen molar-refractivity contribution in [3.63, 3.8) is 0 Å². The van der Waals surface area contributed by atoms with Gasteiger partial charge in [0.2, 0.25) is 0 Å². The van der Waals surface area contributed by atoms with Crippen LogP contribution in [0.2, 0.25) is 5.02 Å². The maximum absolute atomic E-state index is 14.2. The van der Waals surface area contributed by atoms with E-state index in [1.54, 1.807) is 17.1 Å². The summed E-state index contributed by atoms with van der Waals surface area (Å²) in [5.74, 6) is -0.253. The molecule has 0 radical (unpaired) electrons. The Morgan fingerprint density at radius 2 is 1.66 bits per heavy atom. The van der Waals surface area contributed by atoms with Gasteiger partial charge in [-0.25, -0.2) is 9.40 Å². The first-order valence-corrected chi connectivity index (χ1v) is 12.3. The molecule has 180 valence electrons. The molecule has 1 fully saturated rings. The van der Waals surface area contributed by atoms with E-state index >= 15 is 0 Å². The van der Waals surface area contributed by atoms with E-state index in [4.69, 9.17) is 16.7 Å². The summed E-state index contributed by atoms with van der Waals surface area (Å²) in [5.41, 5.74) is 4.52. The molecule has 2 aliphatic heterocycles. The molecule has 0 saturated carbocycles. The number of hydrogen-bond acceptors (Lipinski definition) is 4.